The van der Waals surface area contributed by atoms with Gasteiger partial charge < -0.3 is 9.73 Å². The fraction of sp³-hybridized carbons (Fsp3) is 0.375. The summed E-state index contributed by atoms with van der Waals surface area (Å²) in [4.78, 5) is 0.711. The number of nitrogens with one attached hydrogen (secondary N) is 1. The first-order valence-corrected chi connectivity index (χ1v) is 7.90. The highest BCUT2D eigenvalue weighted by Gasteiger charge is 2.11. The summed E-state index contributed by atoms with van der Waals surface area (Å²) in [5.41, 5.74) is 1.17. The van der Waals surface area contributed by atoms with Gasteiger partial charge in [0.25, 0.3) is 0 Å². The van der Waals surface area contributed by atoms with Crippen LogP contribution >= 0.6 is 11.8 Å². The summed E-state index contributed by atoms with van der Waals surface area (Å²) in [6.45, 7) is 3.12. The molecule has 0 bridgehead atoms. The van der Waals surface area contributed by atoms with Crippen molar-refractivity contribution < 1.29 is 8.81 Å². The van der Waals surface area contributed by atoms with Crippen molar-refractivity contribution in [2.45, 2.75) is 30.7 Å². The lowest BCUT2D eigenvalue weighted by Gasteiger charge is -2.17. The molecule has 2 rings (SSSR count). The number of furan rings is 1. The fourth-order valence-electron chi connectivity index (χ4n) is 1.98. The van der Waals surface area contributed by atoms with Crippen LogP contribution in [-0.4, -0.2) is 18.3 Å². The fourth-order valence-corrected chi connectivity index (χ4v) is 2.98. The van der Waals surface area contributed by atoms with Crippen LogP contribution in [0.2, 0.25) is 0 Å². The summed E-state index contributed by atoms with van der Waals surface area (Å²) in [6.07, 6.45) is 5.45. The Morgan fingerprint density at radius 3 is 2.85 bits per heavy atom. The van der Waals surface area contributed by atoms with E-state index in [9.17, 15) is 4.39 Å². The van der Waals surface area contributed by atoms with E-state index in [1.54, 1.807) is 30.4 Å². The van der Waals surface area contributed by atoms with Crippen molar-refractivity contribution in [1.82, 2.24) is 5.32 Å². The zero-order chi connectivity index (χ0) is 14.2. The Kier molecular flexibility index (Phi) is 6.15. The minimum Gasteiger partial charge on any atom is -0.472 e. The first-order valence-electron chi connectivity index (χ1n) is 6.91. The second-order valence-corrected chi connectivity index (χ2v) is 5.79. The molecule has 108 valence electrons. The van der Waals surface area contributed by atoms with Gasteiger partial charge in [-0.2, -0.15) is 0 Å². The van der Waals surface area contributed by atoms with Gasteiger partial charge >= 0.3 is 0 Å². The maximum atomic E-state index is 13.6. The lowest BCUT2D eigenvalue weighted by Crippen LogP contribution is -2.33. The third-order valence-corrected chi connectivity index (χ3v) is 4.23. The van der Waals surface area contributed by atoms with E-state index in [2.05, 4.69) is 12.2 Å². The number of rotatable bonds is 8. The van der Waals surface area contributed by atoms with Crippen LogP contribution in [0.25, 0.3) is 0 Å². The van der Waals surface area contributed by atoms with Crippen molar-refractivity contribution in [3.63, 3.8) is 0 Å². The predicted octanol–water partition coefficient (Wildman–Crippen LogP) is 4.12. The summed E-state index contributed by atoms with van der Waals surface area (Å²) >= 11 is 1.56. The van der Waals surface area contributed by atoms with Crippen molar-refractivity contribution in [2.75, 3.05) is 12.3 Å². The third kappa shape index (κ3) is 4.69. The SMILES string of the molecule is CCCNC(CSc1ccccc1F)Cc1ccoc1. The van der Waals surface area contributed by atoms with Gasteiger partial charge in [0.1, 0.15) is 5.82 Å². The Labute approximate surface area is 123 Å². The maximum absolute atomic E-state index is 13.6. The van der Waals surface area contributed by atoms with Crippen LogP contribution in [0.5, 0.6) is 0 Å². The van der Waals surface area contributed by atoms with E-state index in [0.29, 0.717) is 10.9 Å². The molecule has 1 aromatic carbocycles. The average molecular weight is 293 g/mol. The molecule has 0 saturated carbocycles. The van der Waals surface area contributed by atoms with Crippen molar-refractivity contribution >= 4 is 11.8 Å². The summed E-state index contributed by atoms with van der Waals surface area (Å²) in [6, 6.07) is 9.22. The molecule has 1 atom stereocenters. The van der Waals surface area contributed by atoms with Gasteiger partial charge in [-0.05, 0) is 43.1 Å². The second kappa shape index (κ2) is 8.12. The normalized spacial score (nSPS) is 12.5. The van der Waals surface area contributed by atoms with E-state index >= 15 is 0 Å². The van der Waals surface area contributed by atoms with Crippen molar-refractivity contribution in [1.29, 1.82) is 0 Å². The standard InChI is InChI=1S/C16H20FNOS/c1-2-8-18-14(10-13-7-9-19-11-13)12-20-16-6-4-3-5-15(16)17/h3-7,9,11,14,18H,2,8,10,12H2,1H3. The van der Waals surface area contributed by atoms with Gasteiger partial charge in [0.05, 0.1) is 12.5 Å². The summed E-state index contributed by atoms with van der Waals surface area (Å²) in [5.74, 6) is 0.696. The first-order chi connectivity index (χ1) is 9.79. The molecule has 1 heterocycles. The molecule has 0 spiro atoms. The van der Waals surface area contributed by atoms with E-state index in [1.807, 2.05) is 18.2 Å². The molecular formula is C16H20FNOS. The molecule has 0 amide bonds. The number of halogens is 1. The van der Waals surface area contributed by atoms with Gasteiger partial charge in [0.2, 0.25) is 0 Å². The molecule has 2 aromatic rings. The molecule has 0 aliphatic carbocycles. The highest BCUT2D eigenvalue weighted by molar-refractivity contribution is 7.99. The molecule has 1 unspecified atom stereocenters. The lowest BCUT2D eigenvalue weighted by atomic mass is 10.1. The minimum atomic E-state index is -0.143. The molecule has 0 fully saturated rings. The Morgan fingerprint density at radius 2 is 2.15 bits per heavy atom. The largest absolute Gasteiger partial charge is 0.472 e. The Balaban J connectivity index is 1.91. The van der Waals surface area contributed by atoms with Crippen LogP contribution in [0.4, 0.5) is 4.39 Å². The van der Waals surface area contributed by atoms with Crippen molar-refractivity contribution in [3.8, 4) is 0 Å². The van der Waals surface area contributed by atoms with Crippen molar-refractivity contribution in [2.24, 2.45) is 0 Å². The van der Waals surface area contributed by atoms with Crippen LogP contribution in [0.3, 0.4) is 0 Å². The Hall–Kier alpha value is -1.26. The minimum absolute atomic E-state index is 0.143. The van der Waals surface area contributed by atoms with Crippen LogP contribution in [0, 0.1) is 5.82 Å². The van der Waals surface area contributed by atoms with E-state index in [4.69, 9.17) is 4.42 Å². The van der Waals surface area contributed by atoms with Gasteiger partial charge in [0, 0.05) is 16.7 Å². The highest BCUT2D eigenvalue weighted by Crippen LogP contribution is 2.22. The number of hydrogen-bond donors (Lipinski definition) is 1. The molecule has 1 aromatic heterocycles. The topological polar surface area (TPSA) is 25.2 Å². The van der Waals surface area contributed by atoms with Crippen LogP contribution in [0.15, 0.2) is 52.2 Å². The number of thioether (sulfide) groups is 1. The molecule has 0 saturated heterocycles. The molecular weight excluding hydrogens is 273 g/mol. The van der Waals surface area contributed by atoms with Crippen molar-refractivity contribution in [3.05, 3.63) is 54.2 Å². The van der Waals surface area contributed by atoms with Gasteiger partial charge in [-0.3, -0.25) is 0 Å². The molecule has 0 aliphatic rings. The zero-order valence-corrected chi connectivity index (χ0v) is 12.5. The Bertz CT molecular complexity index is 501. The van der Waals surface area contributed by atoms with Crippen LogP contribution in [0.1, 0.15) is 18.9 Å². The van der Waals surface area contributed by atoms with Gasteiger partial charge in [-0.25, -0.2) is 4.39 Å². The molecule has 1 N–H and O–H groups in total. The first kappa shape index (κ1) is 15.1. The maximum Gasteiger partial charge on any atom is 0.136 e. The molecule has 0 radical (unpaired) electrons. The lowest BCUT2D eigenvalue weighted by molar-refractivity contribution is 0.536. The quantitative estimate of drug-likeness (QED) is 0.741. The Morgan fingerprint density at radius 1 is 1.30 bits per heavy atom. The van der Waals surface area contributed by atoms with Gasteiger partial charge in [0.15, 0.2) is 0 Å². The number of hydrogen-bond acceptors (Lipinski definition) is 3. The monoisotopic (exact) mass is 293 g/mol. The van der Waals surface area contributed by atoms with Gasteiger partial charge in [-0.1, -0.05) is 19.1 Å². The van der Waals surface area contributed by atoms with E-state index in [-0.39, 0.29) is 5.82 Å². The zero-order valence-electron chi connectivity index (χ0n) is 11.6. The van der Waals surface area contributed by atoms with Crippen LogP contribution in [-0.2, 0) is 6.42 Å². The molecule has 0 aliphatic heterocycles. The average Bonchev–Trinajstić information content (AvgIpc) is 2.96. The van der Waals surface area contributed by atoms with E-state index < -0.39 is 0 Å². The molecule has 20 heavy (non-hydrogen) atoms. The summed E-state index contributed by atoms with van der Waals surface area (Å²) < 4.78 is 18.7. The molecule has 4 heteroatoms. The summed E-state index contributed by atoms with van der Waals surface area (Å²) in [5, 5.41) is 3.51. The van der Waals surface area contributed by atoms with Crippen LogP contribution < -0.4 is 5.32 Å². The summed E-state index contributed by atoms with van der Waals surface area (Å²) in [7, 11) is 0. The smallest absolute Gasteiger partial charge is 0.136 e. The number of benzene rings is 1. The predicted molar refractivity (Wildman–Crippen MR) is 81.6 cm³/mol. The van der Waals surface area contributed by atoms with Gasteiger partial charge in [-0.15, -0.1) is 11.8 Å². The van der Waals surface area contributed by atoms with E-state index in [0.717, 1.165) is 25.1 Å². The second-order valence-electron chi connectivity index (χ2n) is 4.73. The van der Waals surface area contributed by atoms with E-state index in [1.165, 1.54) is 11.6 Å². The molecule has 2 nitrogen and oxygen atoms in total. The highest BCUT2D eigenvalue weighted by atomic mass is 32.2. The third-order valence-electron chi connectivity index (χ3n) is 3.02.